The normalized spacial score (nSPS) is 21.5. The van der Waals surface area contributed by atoms with E-state index in [1.165, 1.54) is 5.56 Å². The summed E-state index contributed by atoms with van der Waals surface area (Å²) in [5, 5.41) is 13.2. The van der Waals surface area contributed by atoms with Gasteiger partial charge in [0.15, 0.2) is 0 Å². The molecule has 1 fully saturated rings. The molecular formula is C14H21NO2. The van der Waals surface area contributed by atoms with Crippen LogP contribution in [0.4, 0.5) is 0 Å². The minimum absolute atomic E-state index is 0.144. The molecule has 0 saturated carbocycles. The highest BCUT2D eigenvalue weighted by Gasteiger charge is 2.18. The molecule has 94 valence electrons. The average molecular weight is 235 g/mol. The summed E-state index contributed by atoms with van der Waals surface area (Å²) in [5.41, 5.74) is 1.69. The van der Waals surface area contributed by atoms with Gasteiger partial charge in [0.25, 0.3) is 0 Å². The van der Waals surface area contributed by atoms with Crippen molar-refractivity contribution in [3.8, 4) is 0 Å². The van der Waals surface area contributed by atoms with E-state index in [1.54, 1.807) is 0 Å². The maximum atomic E-state index is 9.83. The monoisotopic (exact) mass is 235 g/mol. The lowest BCUT2D eigenvalue weighted by molar-refractivity contribution is 0.0275. The van der Waals surface area contributed by atoms with E-state index in [9.17, 15) is 5.11 Å². The van der Waals surface area contributed by atoms with Crippen molar-refractivity contribution in [2.45, 2.75) is 32.0 Å². The Hall–Kier alpha value is -0.900. The maximum Gasteiger partial charge on any atom is 0.0949 e. The van der Waals surface area contributed by atoms with Gasteiger partial charge in [-0.3, -0.25) is 0 Å². The van der Waals surface area contributed by atoms with Crippen LogP contribution < -0.4 is 5.32 Å². The first-order chi connectivity index (χ1) is 8.04. The third-order valence-electron chi connectivity index (χ3n) is 2.89. The van der Waals surface area contributed by atoms with Crippen LogP contribution >= 0.6 is 0 Å². The standard InChI is InChI=1S/C14H21NO2/c1-14(2,16)9-11-4-3-5-12(8-11)13-10-15-6-7-17-13/h3-5,8,13,15-16H,6-7,9-10H2,1-2H3. The Balaban J connectivity index is 2.10. The Morgan fingerprint density at radius 2 is 2.29 bits per heavy atom. The zero-order chi connectivity index (χ0) is 12.3. The fourth-order valence-corrected chi connectivity index (χ4v) is 2.18. The molecule has 17 heavy (non-hydrogen) atoms. The van der Waals surface area contributed by atoms with Gasteiger partial charge in [-0.1, -0.05) is 24.3 Å². The van der Waals surface area contributed by atoms with Crippen LogP contribution in [-0.4, -0.2) is 30.4 Å². The van der Waals surface area contributed by atoms with Gasteiger partial charge >= 0.3 is 0 Å². The molecular weight excluding hydrogens is 214 g/mol. The van der Waals surface area contributed by atoms with Crippen LogP contribution in [0.5, 0.6) is 0 Å². The van der Waals surface area contributed by atoms with E-state index in [0.29, 0.717) is 6.42 Å². The molecule has 1 heterocycles. The number of hydrogen-bond donors (Lipinski definition) is 2. The second-order valence-electron chi connectivity index (χ2n) is 5.30. The predicted molar refractivity (Wildman–Crippen MR) is 68.0 cm³/mol. The summed E-state index contributed by atoms with van der Waals surface area (Å²) in [5.74, 6) is 0. The number of ether oxygens (including phenoxy) is 1. The van der Waals surface area contributed by atoms with Crippen molar-refractivity contribution in [3.05, 3.63) is 35.4 Å². The van der Waals surface area contributed by atoms with Gasteiger partial charge in [0.1, 0.15) is 0 Å². The molecule has 0 amide bonds. The van der Waals surface area contributed by atoms with Crippen LogP contribution in [-0.2, 0) is 11.2 Å². The maximum absolute atomic E-state index is 9.83. The Morgan fingerprint density at radius 1 is 1.47 bits per heavy atom. The lowest BCUT2D eigenvalue weighted by atomic mass is 9.96. The molecule has 0 radical (unpaired) electrons. The topological polar surface area (TPSA) is 41.5 Å². The first-order valence-electron chi connectivity index (χ1n) is 6.18. The lowest BCUT2D eigenvalue weighted by Crippen LogP contribution is -2.33. The summed E-state index contributed by atoms with van der Waals surface area (Å²) >= 11 is 0. The molecule has 1 atom stereocenters. The van der Waals surface area contributed by atoms with E-state index in [4.69, 9.17) is 4.74 Å². The van der Waals surface area contributed by atoms with Crippen LogP contribution in [0.15, 0.2) is 24.3 Å². The smallest absolute Gasteiger partial charge is 0.0949 e. The van der Waals surface area contributed by atoms with Crippen LogP contribution in [0.3, 0.4) is 0 Å². The van der Waals surface area contributed by atoms with E-state index in [0.717, 1.165) is 25.3 Å². The molecule has 3 nitrogen and oxygen atoms in total. The number of nitrogens with one attached hydrogen (secondary N) is 1. The van der Waals surface area contributed by atoms with Gasteiger partial charge in [-0.25, -0.2) is 0 Å². The molecule has 2 rings (SSSR count). The van der Waals surface area contributed by atoms with Gasteiger partial charge in [-0.15, -0.1) is 0 Å². The minimum Gasteiger partial charge on any atom is -0.390 e. The fraction of sp³-hybridized carbons (Fsp3) is 0.571. The molecule has 1 aliphatic heterocycles. The molecule has 0 aromatic heterocycles. The first-order valence-corrected chi connectivity index (χ1v) is 6.18. The van der Waals surface area contributed by atoms with Crippen molar-refractivity contribution >= 4 is 0 Å². The van der Waals surface area contributed by atoms with E-state index >= 15 is 0 Å². The van der Waals surface area contributed by atoms with Gasteiger partial charge in [0, 0.05) is 19.5 Å². The molecule has 1 unspecified atom stereocenters. The van der Waals surface area contributed by atoms with Gasteiger partial charge in [-0.2, -0.15) is 0 Å². The molecule has 1 saturated heterocycles. The average Bonchev–Trinajstić information content (AvgIpc) is 2.28. The number of aliphatic hydroxyl groups is 1. The van der Waals surface area contributed by atoms with E-state index in [1.807, 2.05) is 19.9 Å². The molecule has 3 heteroatoms. The van der Waals surface area contributed by atoms with Crippen LogP contribution in [0, 0.1) is 0 Å². The van der Waals surface area contributed by atoms with Gasteiger partial charge in [0.05, 0.1) is 18.3 Å². The summed E-state index contributed by atoms with van der Waals surface area (Å²) in [7, 11) is 0. The second-order valence-corrected chi connectivity index (χ2v) is 5.30. The number of morpholine rings is 1. The quantitative estimate of drug-likeness (QED) is 0.837. The Morgan fingerprint density at radius 3 is 2.94 bits per heavy atom. The highest BCUT2D eigenvalue weighted by atomic mass is 16.5. The van der Waals surface area contributed by atoms with Crippen molar-refractivity contribution in [1.82, 2.24) is 5.32 Å². The molecule has 2 N–H and O–H groups in total. The van der Waals surface area contributed by atoms with Crippen LogP contribution in [0.2, 0.25) is 0 Å². The lowest BCUT2D eigenvalue weighted by Gasteiger charge is -2.25. The van der Waals surface area contributed by atoms with Gasteiger partial charge in [-0.05, 0) is 25.0 Å². The molecule has 0 aliphatic carbocycles. The van der Waals surface area contributed by atoms with Crippen molar-refractivity contribution in [3.63, 3.8) is 0 Å². The second kappa shape index (κ2) is 5.17. The first kappa shape index (κ1) is 12.6. The Bertz CT molecular complexity index is 365. The van der Waals surface area contributed by atoms with Crippen molar-refractivity contribution in [2.75, 3.05) is 19.7 Å². The van der Waals surface area contributed by atoms with Crippen molar-refractivity contribution in [1.29, 1.82) is 0 Å². The minimum atomic E-state index is -0.662. The molecule has 1 aliphatic rings. The fourth-order valence-electron chi connectivity index (χ4n) is 2.18. The summed E-state index contributed by atoms with van der Waals surface area (Å²) in [6.45, 7) is 6.23. The number of benzene rings is 1. The highest BCUT2D eigenvalue weighted by Crippen LogP contribution is 2.21. The van der Waals surface area contributed by atoms with Gasteiger partial charge < -0.3 is 15.2 Å². The van der Waals surface area contributed by atoms with Crippen molar-refractivity contribution in [2.24, 2.45) is 0 Å². The zero-order valence-corrected chi connectivity index (χ0v) is 10.6. The third-order valence-corrected chi connectivity index (χ3v) is 2.89. The predicted octanol–water partition coefficient (Wildman–Crippen LogP) is 1.66. The molecule has 1 aromatic carbocycles. The number of hydrogen-bond acceptors (Lipinski definition) is 3. The Kier molecular flexibility index (Phi) is 3.82. The number of rotatable bonds is 3. The van der Waals surface area contributed by atoms with Gasteiger partial charge in [0.2, 0.25) is 0 Å². The zero-order valence-electron chi connectivity index (χ0n) is 10.6. The molecule has 1 aromatic rings. The molecule has 0 bridgehead atoms. The van der Waals surface area contributed by atoms with Crippen molar-refractivity contribution < 1.29 is 9.84 Å². The third kappa shape index (κ3) is 3.80. The Labute approximate surface area is 103 Å². The van der Waals surface area contributed by atoms with Crippen LogP contribution in [0.1, 0.15) is 31.1 Å². The highest BCUT2D eigenvalue weighted by molar-refractivity contribution is 5.26. The van der Waals surface area contributed by atoms with E-state index in [2.05, 4.69) is 23.5 Å². The SMILES string of the molecule is CC(C)(O)Cc1cccc(C2CNCCO2)c1. The summed E-state index contributed by atoms with van der Waals surface area (Å²) < 4.78 is 5.72. The summed E-state index contributed by atoms with van der Waals surface area (Å²) in [6.07, 6.45) is 0.812. The largest absolute Gasteiger partial charge is 0.390 e. The van der Waals surface area contributed by atoms with E-state index in [-0.39, 0.29) is 6.10 Å². The van der Waals surface area contributed by atoms with E-state index < -0.39 is 5.60 Å². The summed E-state index contributed by atoms with van der Waals surface area (Å²) in [4.78, 5) is 0. The summed E-state index contributed by atoms with van der Waals surface area (Å²) in [6, 6.07) is 8.31. The molecule has 0 spiro atoms. The van der Waals surface area contributed by atoms with Crippen LogP contribution in [0.25, 0.3) is 0 Å².